The third-order valence-corrected chi connectivity index (χ3v) is 3.46. The Labute approximate surface area is 118 Å². The largest absolute Gasteiger partial charge is 0.497 e. The highest BCUT2D eigenvalue weighted by Gasteiger charge is 2.24. The number of hydrogen-bond donors (Lipinski definition) is 2. The molecule has 1 fully saturated rings. The van der Waals surface area contributed by atoms with Crippen LogP contribution in [0.25, 0.3) is 0 Å². The van der Waals surface area contributed by atoms with Gasteiger partial charge < -0.3 is 15.4 Å². The summed E-state index contributed by atoms with van der Waals surface area (Å²) >= 11 is 0. The second-order valence-electron chi connectivity index (χ2n) is 4.93. The van der Waals surface area contributed by atoms with Crippen molar-refractivity contribution in [2.45, 2.75) is 19.3 Å². The molecular formula is C15H20N2O3. The van der Waals surface area contributed by atoms with Gasteiger partial charge in [-0.3, -0.25) is 9.59 Å². The zero-order valence-corrected chi connectivity index (χ0v) is 11.6. The molecular weight excluding hydrogens is 256 g/mol. The van der Waals surface area contributed by atoms with Crippen LogP contribution >= 0.6 is 0 Å². The van der Waals surface area contributed by atoms with E-state index in [0.29, 0.717) is 19.5 Å². The van der Waals surface area contributed by atoms with E-state index in [1.165, 1.54) is 0 Å². The Kier molecular flexibility index (Phi) is 4.98. The molecule has 0 aromatic heterocycles. The van der Waals surface area contributed by atoms with Crippen LogP contribution in [0.15, 0.2) is 24.3 Å². The van der Waals surface area contributed by atoms with Gasteiger partial charge in [0.1, 0.15) is 5.75 Å². The van der Waals surface area contributed by atoms with Crippen LogP contribution in [0.1, 0.15) is 18.4 Å². The smallest absolute Gasteiger partial charge is 0.223 e. The van der Waals surface area contributed by atoms with Gasteiger partial charge in [-0.05, 0) is 30.5 Å². The van der Waals surface area contributed by atoms with Gasteiger partial charge in [0.25, 0.3) is 0 Å². The first kappa shape index (κ1) is 14.4. The fraction of sp³-hybridized carbons (Fsp3) is 0.467. The van der Waals surface area contributed by atoms with E-state index in [1.54, 1.807) is 7.11 Å². The molecule has 108 valence electrons. The van der Waals surface area contributed by atoms with E-state index >= 15 is 0 Å². The number of benzene rings is 1. The molecule has 1 unspecified atom stereocenters. The van der Waals surface area contributed by atoms with Gasteiger partial charge in [0.15, 0.2) is 0 Å². The highest BCUT2D eigenvalue weighted by Crippen LogP contribution is 2.14. The molecule has 5 nitrogen and oxygen atoms in total. The Balaban J connectivity index is 1.77. The van der Waals surface area contributed by atoms with E-state index in [4.69, 9.17) is 4.74 Å². The molecule has 1 aromatic carbocycles. The topological polar surface area (TPSA) is 67.4 Å². The maximum atomic E-state index is 11.9. The summed E-state index contributed by atoms with van der Waals surface area (Å²) in [6.07, 6.45) is 1.77. The molecule has 0 bridgehead atoms. The predicted molar refractivity (Wildman–Crippen MR) is 75.4 cm³/mol. The third-order valence-electron chi connectivity index (χ3n) is 3.46. The molecule has 1 aliphatic heterocycles. The Bertz CT molecular complexity index is 488. The van der Waals surface area contributed by atoms with Crippen molar-refractivity contribution >= 4 is 11.8 Å². The first-order chi connectivity index (χ1) is 9.69. The van der Waals surface area contributed by atoms with Gasteiger partial charge in [-0.2, -0.15) is 0 Å². The summed E-state index contributed by atoms with van der Waals surface area (Å²) in [6, 6.07) is 7.78. The summed E-state index contributed by atoms with van der Waals surface area (Å²) in [5, 5.41) is 5.63. The summed E-state index contributed by atoms with van der Waals surface area (Å²) in [5.41, 5.74) is 1.12. The highest BCUT2D eigenvalue weighted by molar-refractivity contribution is 5.86. The van der Waals surface area contributed by atoms with Crippen LogP contribution in [0.4, 0.5) is 0 Å². The van der Waals surface area contributed by atoms with E-state index in [-0.39, 0.29) is 17.7 Å². The zero-order chi connectivity index (χ0) is 14.4. The first-order valence-corrected chi connectivity index (χ1v) is 6.86. The Morgan fingerprint density at radius 3 is 3.10 bits per heavy atom. The molecule has 0 spiro atoms. The van der Waals surface area contributed by atoms with Crippen molar-refractivity contribution in [3.8, 4) is 5.75 Å². The number of rotatable bonds is 5. The molecule has 5 heteroatoms. The SMILES string of the molecule is COc1cccc(CCNC(=O)C2CCNC(=O)C2)c1. The lowest BCUT2D eigenvalue weighted by atomic mass is 9.96. The fourth-order valence-corrected chi connectivity index (χ4v) is 2.31. The summed E-state index contributed by atoms with van der Waals surface area (Å²) < 4.78 is 5.16. The fourth-order valence-electron chi connectivity index (χ4n) is 2.31. The minimum atomic E-state index is -0.186. The van der Waals surface area contributed by atoms with Crippen LogP contribution in [-0.2, 0) is 16.0 Å². The van der Waals surface area contributed by atoms with Gasteiger partial charge in [-0.25, -0.2) is 0 Å². The Morgan fingerprint density at radius 2 is 2.35 bits per heavy atom. The molecule has 1 aliphatic rings. The maximum absolute atomic E-state index is 11.9. The molecule has 2 N–H and O–H groups in total. The molecule has 1 heterocycles. The average molecular weight is 276 g/mol. The normalized spacial score (nSPS) is 18.2. The van der Waals surface area contributed by atoms with Gasteiger partial charge in [0.05, 0.1) is 7.11 Å². The first-order valence-electron chi connectivity index (χ1n) is 6.86. The Hall–Kier alpha value is -2.04. The molecule has 20 heavy (non-hydrogen) atoms. The number of carbonyl (C=O) groups excluding carboxylic acids is 2. The van der Waals surface area contributed by atoms with Crippen molar-refractivity contribution in [1.29, 1.82) is 0 Å². The highest BCUT2D eigenvalue weighted by atomic mass is 16.5. The number of methoxy groups -OCH3 is 1. The van der Waals surface area contributed by atoms with Crippen molar-refractivity contribution in [2.24, 2.45) is 5.92 Å². The van der Waals surface area contributed by atoms with Crippen molar-refractivity contribution in [1.82, 2.24) is 10.6 Å². The van der Waals surface area contributed by atoms with Gasteiger partial charge in [-0.15, -0.1) is 0 Å². The Morgan fingerprint density at radius 1 is 1.50 bits per heavy atom. The lowest BCUT2D eigenvalue weighted by Crippen LogP contribution is -2.41. The van der Waals surface area contributed by atoms with E-state index in [9.17, 15) is 9.59 Å². The van der Waals surface area contributed by atoms with E-state index in [1.807, 2.05) is 24.3 Å². The van der Waals surface area contributed by atoms with Gasteiger partial charge in [0, 0.05) is 25.4 Å². The minimum absolute atomic E-state index is 0.0252. The second kappa shape index (κ2) is 6.93. The molecule has 1 aromatic rings. The standard InChI is InChI=1S/C15H20N2O3/c1-20-13-4-2-3-11(9-13)5-7-17-15(19)12-6-8-16-14(18)10-12/h2-4,9,12H,5-8,10H2,1H3,(H,16,18)(H,17,19). The summed E-state index contributed by atoms with van der Waals surface area (Å²) in [4.78, 5) is 23.2. The van der Waals surface area contributed by atoms with Crippen LogP contribution in [0.3, 0.4) is 0 Å². The van der Waals surface area contributed by atoms with Crippen molar-refractivity contribution in [2.75, 3.05) is 20.2 Å². The molecule has 2 rings (SSSR count). The van der Waals surface area contributed by atoms with Gasteiger partial charge in [0.2, 0.25) is 11.8 Å². The third kappa shape index (κ3) is 3.98. The lowest BCUT2D eigenvalue weighted by Gasteiger charge is -2.21. The molecule has 0 aliphatic carbocycles. The zero-order valence-electron chi connectivity index (χ0n) is 11.6. The van der Waals surface area contributed by atoms with Crippen LogP contribution in [0, 0.1) is 5.92 Å². The van der Waals surface area contributed by atoms with E-state index in [0.717, 1.165) is 24.2 Å². The predicted octanol–water partition coefficient (Wildman–Crippen LogP) is 0.880. The number of hydrogen-bond acceptors (Lipinski definition) is 3. The van der Waals surface area contributed by atoms with Crippen LogP contribution in [-0.4, -0.2) is 32.0 Å². The van der Waals surface area contributed by atoms with Crippen LogP contribution in [0.2, 0.25) is 0 Å². The van der Waals surface area contributed by atoms with E-state index in [2.05, 4.69) is 10.6 Å². The maximum Gasteiger partial charge on any atom is 0.223 e. The quantitative estimate of drug-likeness (QED) is 0.839. The van der Waals surface area contributed by atoms with Crippen LogP contribution in [0.5, 0.6) is 5.75 Å². The molecule has 2 amide bonds. The lowest BCUT2D eigenvalue weighted by molar-refractivity contribution is -0.132. The van der Waals surface area contributed by atoms with Gasteiger partial charge in [-0.1, -0.05) is 12.1 Å². The molecule has 0 radical (unpaired) electrons. The number of nitrogens with one attached hydrogen (secondary N) is 2. The number of carbonyl (C=O) groups is 2. The minimum Gasteiger partial charge on any atom is -0.497 e. The molecule has 1 saturated heterocycles. The molecule has 0 saturated carbocycles. The van der Waals surface area contributed by atoms with E-state index < -0.39 is 0 Å². The summed E-state index contributed by atoms with van der Waals surface area (Å²) in [5.74, 6) is 0.568. The monoisotopic (exact) mass is 276 g/mol. The number of amides is 2. The second-order valence-corrected chi connectivity index (χ2v) is 4.93. The van der Waals surface area contributed by atoms with Gasteiger partial charge >= 0.3 is 0 Å². The summed E-state index contributed by atoms with van der Waals surface area (Å²) in [7, 11) is 1.63. The van der Waals surface area contributed by atoms with Crippen molar-refractivity contribution < 1.29 is 14.3 Å². The van der Waals surface area contributed by atoms with Crippen molar-refractivity contribution in [3.63, 3.8) is 0 Å². The summed E-state index contributed by atoms with van der Waals surface area (Å²) in [6.45, 7) is 1.16. The van der Waals surface area contributed by atoms with Crippen molar-refractivity contribution in [3.05, 3.63) is 29.8 Å². The number of ether oxygens (including phenoxy) is 1. The average Bonchev–Trinajstić information content (AvgIpc) is 2.47. The molecule has 1 atom stereocenters. The number of piperidine rings is 1. The van der Waals surface area contributed by atoms with Crippen LogP contribution < -0.4 is 15.4 Å².